The maximum absolute atomic E-state index is 12.6. The van der Waals surface area contributed by atoms with Gasteiger partial charge in [0.15, 0.2) is 0 Å². The second-order valence-corrected chi connectivity index (χ2v) is 9.05. The van der Waals surface area contributed by atoms with Crippen molar-refractivity contribution in [1.29, 1.82) is 0 Å². The van der Waals surface area contributed by atoms with Crippen molar-refractivity contribution in [3.63, 3.8) is 0 Å². The van der Waals surface area contributed by atoms with Crippen LogP contribution in [0.2, 0.25) is 5.02 Å². The first-order valence-electron chi connectivity index (χ1n) is 8.53. The molecule has 0 bridgehead atoms. The predicted molar refractivity (Wildman–Crippen MR) is 106 cm³/mol. The molecule has 0 aromatic heterocycles. The summed E-state index contributed by atoms with van der Waals surface area (Å²) in [5.74, 6) is 0. The fourth-order valence-corrected chi connectivity index (χ4v) is 4.44. The van der Waals surface area contributed by atoms with Crippen LogP contribution in [0.3, 0.4) is 0 Å². The minimum Gasteiger partial charge on any atom is -0.374 e. The Labute approximate surface area is 160 Å². The standard InChI is InChI=1S/C19H24ClN3O2S/c1-22(2)19(14-4-9-18-15(12-14)10-11-23(18)3)13-21-26(24,25)17-7-5-16(20)6-8-17/h4-9,12,19,21H,10-11,13H2,1-3H3. The van der Waals surface area contributed by atoms with E-state index in [0.29, 0.717) is 11.6 Å². The summed E-state index contributed by atoms with van der Waals surface area (Å²) >= 11 is 5.84. The molecule has 3 rings (SSSR count). The van der Waals surface area contributed by atoms with Crippen LogP contribution in [0, 0.1) is 0 Å². The summed E-state index contributed by atoms with van der Waals surface area (Å²) in [4.78, 5) is 4.49. The summed E-state index contributed by atoms with van der Waals surface area (Å²) in [5, 5.41) is 0.512. The van der Waals surface area contributed by atoms with Crippen LogP contribution in [-0.4, -0.2) is 47.6 Å². The zero-order valence-electron chi connectivity index (χ0n) is 15.2. The van der Waals surface area contributed by atoms with E-state index >= 15 is 0 Å². The molecule has 1 aliphatic heterocycles. The highest BCUT2D eigenvalue weighted by Gasteiger charge is 2.22. The van der Waals surface area contributed by atoms with Gasteiger partial charge in [-0.3, -0.25) is 0 Å². The molecule has 140 valence electrons. The van der Waals surface area contributed by atoms with E-state index < -0.39 is 10.0 Å². The minimum absolute atomic E-state index is 0.0479. The van der Waals surface area contributed by atoms with Crippen molar-refractivity contribution >= 4 is 27.3 Å². The molecule has 0 aliphatic carbocycles. The molecule has 1 unspecified atom stereocenters. The molecule has 0 saturated heterocycles. The van der Waals surface area contributed by atoms with Crippen molar-refractivity contribution in [2.24, 2.45) is 0 Å². The maximum Gasteiger partial charge on any atom is 0.240 e. The van der Waals surface area contributed by atoms with Gasteiger partial charge in [0, 0.05) is 36.9 Å². The quantitative estimate of drug-likeness (QED) is 0.819. The topological polar surface area (TPSA) is 52.7 Å². The zero-order chi connectivity index (χ0) is 18.9. The first-order valence-corrected chi connectivity index (χ1v) is 10.4. The summed E-state index contributed by atoms with van der Waals surface area (Å²) in [6, 6.07) is 12.5. The average Bonchev–Trinajstić information content (AvgIpc) is 2.96. The molecule has 2 aromatic carbocycles. The molecule has 0 spiro atoms. The van der Waals surface area contributed by atoms with Crippen LogP contribution in [0.4, 0.5) is 5.69 Å². The lowest BCUT2D eigenvalue weighted by molar-refractivity contribution is 0.299. The molecular weight excluding hydrogens is 370 g/mol. The highest BCUT2D eigenvalue weighted by atomic mass is 35.5. The number of likely N-dealkylation sites (N-methyl/N-ethyl adjacent to an activating group) is 2. The highest BCUT2D eigenvalue weighted by molar-refractivity contribution is 7.89. The number of hydrogen-bond donors (Lipinski definition) is 1. The molecule has 1 atom stereocenters. The van der Waals surface area contributed by atoms with Gasteiger partial charge < -0.3 is 9.80 Å². The Kier molecular flexibility index (Phi) is 5.58. The Hall–Kier alpha value is -1.60. The van der Waals surface area contributed by atoms with E-state index in [0.717, 1.165) is 18.5 Å². The van der Waals surface area contributed by atoms with Crippen LogP contribution in [0.1, 0.15) is 17.2 Å². The van der Waals surface area contributed by atoms with Crippen molar-refractivity contribution in [3.05, 3.63) is 58.6 Å². The Bertz CT molecular complexity index is 882. The molecule has 0 radical (unpaired) electrons. The van der Waals surface area contributed by atoms with Crippen molar-refractivity contribution in [3.8, 4) is 0 Å². The smallest absolute Gasteiger partial charge is 0.240 e. The highest BCUT2D eigenvalue weighted by Crippen LogP contribution is 2.30. The van der Waals surface area contributed by atoms with Crippen LogP contribution in [0.15, 0.2) is 47.4 Å². The lowest BCUT2D eigenvalue weighted by Gasteiger charge is -2.26. The summed E-state index contributed by atoms with van der Waals surface area (Å²) in [7, 11) is 2.43. The fourth-order valence-electron chi connectivity index (χ4n) is 3.28. The number of benzene rings is 2. The Morgan fingerprint density at radius 1 is 1.19 bits per heavy atom. The van der Waals surface area contributed by atoms with Crippen molar-refractivity contribution < 1.29 is 8.42 Å². The van der Waals surface area contributed by atoms with Crippen LogP contribution in [-0.2, 0) is 16.4 Å². The van der Waals surface area contributed by atoms with Gasteiger partial charge in [0.2, 0.25) is 10.0 Å². The van der Waals surface area contributed by atoms with Crippen LogP contribution in [0.5, 0.6) is 0 Å². The number of halogens is 1. The van der Waals surface area contributed by atoms with Gasteiger partial charge in [-0.25, -0.2) is 13.1 Å². The average molecular weight is 394 g/mol. The van der Waals surface area contributed by atoms with Gasteiger partial charge in [0.05, 0.1) is 4.90 Å². The summed E-state index contributed by atoms with van der Waals surface area (Å²) in [6.07, 6.45) is 1.02. The third kappa shape index (κ3) is 4.04. The van der Waals surface area contributed by atoms with E-state index in [-0.39, 0.29) is 10.9 Å². The number of nitrogens with one attached hydrogen (secondary N) is 1. The minimum atomic E-state index is -3.58. The third-order valence-corrected chi connectivity index (χ3v) is 6.52. The van der Waals surface area contributed by atoms with E-state index in [1.165, 1.54) is 23.4 Å². The van der Waals surface area contributed by atoms with Crippen LogP contribution < -0.4 is 9.62 Å². The van der Waals surface area contributed by atoms with E-state index in [1.54, 1.807) is 12.1 Å². The van der Waals surface area contributed by atoms with Crippen molar-refractivity contribution in [2.75, 3.05) is 39.1 Å². The van der Waals surface area contributed by atoms with E-state index in [1.807, 2.05) is 19.0 Å². The molecule has 1 N–H and O–H groups in total. The second kappa shape index (κ2) is 7.56. The van der Waals surface area contributed by atoms with Gasteiger partial charge in [-0.2, -0.15) is 0 Å². The Balaban J connectivity index is 1.78. The van der Waals surface area contributed by atoms with E-state index in [9.17, 15) is 8.42 Å². The van der Waals surface area contributed by atoms with Gasteiger partial charge in [0.25, 0.3) is 0 Å². The van der Waals surface area contributed by atoms with Gasteiger partial charge >= 0.3 is 0 Å². The van der Waals surface area contributed by atoms with Crippen molar-refractivity contribution in [1.82, 2.24) is 9.62 Å². The number of fused-ring (bicyclic) bond motifs is 1. The lowest BCUT2D eigenvalue weighted by atomic mass is 10.0. The van der Waals surface area contributed by atoms with E-state index in [4.69, 9.17) is 11.6 Å². The molecule has 0 fully saturated rings. The molecule has 26 heavy (non-hydrogen) atoms. The fraction of sp³-hybridized carbons (Fsp3) is 0.368. The van der Waals surface area contributed by atoms with Gasteiger partial charge in [0.1, 0.15) is 0 Å². The largest absolute Gasteiger partial charge is 0.374 e. The monoisotopic (exact) mass is 393 g/mol. The molecule has 2 aromatic rings. The molecule has 0 amide bonds. The molecule has 5 nitrogen and oxygen atoms in total. The van der Waals surface area contributed by atoms with Crippen molar-refractivity contribution in [2.45, 2.75) is 17.4 Å². The molecule has 1 heterocycles. The lowest BCUT2D eigenvalue weighted by Crippen LogP contribution is -2.34. The normalized spacial score (nSPS) is 15.3. The number of sulfonamides is 1. The molecule has 0 saturated carbocycles. The summed E-state index contributed by atoms with van der Waals surface area (Å²) in [5.41, 5.74) is 3.69. The number of anilines is 1. The first-order chi connectivity index (χ1) is 12.3. The number of rotatable bonds is 6. The molecule has 1 aliphatic rings. The van der Waals surface area contributed by atoms with Crippen LogP contribution in [0.25, 0.3) is 0 Å². The second-order valence-electron chi connectivity index (χ2n) is 6.84. The Morgan fingerprint density at radius 2 is 1.88 bits per heavy atom. The SMILES string of the molecule is CN1CCc2cc(C(CNS(=O)(=O)c3ccc(Cl)cc3)N(C)C)ccc21. The summed E-state index contributed by atoms with van der Waals surface area (Å²) < 4.78 is 27.8. The number of nitrogens with zero attached hydrogens (tertiary/aromatic N) is 2. The Morgan fingerprint density at radius 3 is 2.54 bits per heavy atom. The molecule has 7 heteroatoms. The zero-order valence-corrected chi connectivity index (χ0v) is 16.8. The predicted octanol–water partition coefficient (Wildman–Crippen LogP) is 2.91. The van der Waals surface area contributed by atoms with E-state index in [2.05, 4.69) is 34.9 Å². The third-order valence-electron chi connectivity index (χ3n) is 4.83. The van der Waals surface area contributed by atoms with Gasteiger partial charge in [-0.15, -0.1) is 0 Å². The summed E-state index contributed by atoms with van der Waals surface area (Å²) in [6.45, 7) is 1.32. The van der Waals surface area contributed by atoms with Gasteiger partial charge in [-0.1, -0.05) is 23.7 Å². The van der Waals surface area contributed by atoms with Crippen LogP contribution >= 0.6 is 11.6 Å². The number of hydrogen-bond acceptors (Lipinski definition) is 4. The first kappa shape index (κ1) is 19.2. The molecular formula is C19H24ClN3O2S. The van der Waals surface area contributed by atoms with Gasteiger partial charge in [-0.05, 0) is 62.0 Å². The maximum atomic E-state index is 12.6.